The molecule has 1 aliphatic rings. The molecule has 1 heterocycles. The highest BCUT2D eigenvalue weighted by Crippen LogP contribution is 2.41. The largest absolute Gasteiger partial charge is 0.361 e. The van der Waals surface area contributed by atoms with Crippen molar-refractivity contribution in [3.05, 3.63) is 71.9 Å². The van der Waals surface area contributed by atoms with Crippen LogP contribution < -0.4 is 5.32 Å². The van der Waals surface area contributed by atoms with Crippen molar-refractivity contribution < 1.29 is 0 Å². The molecule has 2 aromatic carbocycles. The Kier molecular flexibility index (Phi) is 3.24. The van der Waals surface area contributed by atoms with Crippen LogP contribution in [0.4, 0.5) is 0 Å². The minimum absolute atomic E-state index is 0.486. The molecule has 0 amide bonds. The normalized spacial score (nSPS) is 16.2. The third kappa shape index (κ3) is 2.59. The summed E-state index contributed by atoms with van der Waals surface area (Å²) >= 11 is 0. The van der Waals surface area contributed by atoms with Gasteiger partial charge in [-0.2, -0.15) is 0 Å². The summed E-state index contributed by atoms with van der Waals surface area (Å²) in [6, 6.07) is 20.0. The summed E-state index contributed by atoms with van der Waals surface area (Å²) in [6.07, 6.45) is 4.71. The number of aromatic nitrogens is 1. The molecule has 1 saturated carbocycles. The van der Waals surface area contributed by atoms with Gasteiger partial charge >= 0.3 is 0 Å². The summed E-state index contributed by atoms with van der Waals surface area (Å²) in [7, 11) is 0. The van der Waals surface area contributed by atoms with Crippen molar-refractivity contribution in [1.29, 1.82) is 0 Å². The number of benzene rings is 2. The van der Waals surface area contributed by atoms with Crippen LogP contribution in [-0.4, -0.2) is 4.98 Å². The van der Waals surface area contributed by atoms with Gasteiger partial charge in [0.25, 0.3) is 0 Å². The van der Waals surface area contributed by atoms with Crippen molar-refractivity contribution in [2.24, 2.45) is 5.92 Å². The highest BCUT2D eigenvalue weighted by molar-refractivity contribution is 5.82. The zero-order valence-electron chi connectivity index (χ0n) is 12.0. The molecule has 1 aliphatic carbocycles. The van der Waals surface area contributed by atoms with Gasteiger partial charge in [0, 0.05) is 29.7 Å². The van der Waals surface area contributed by atoms with Crippen LogP contribution in [-0.2, 0) is 6.54 Å². The van der Waals surface area contributed by atoms with Gasteiger partial charge < -0.3 is 10.3 Å². The maximum Gasteiger partial charge on any atom is 0.0457 e. The van der Waals surface area contributed by atoms with Gasteiger partial charge in [-0.1, -0.05) is 42.5 Å². The Bertz CT molecular complexity index is 725. The van der Waals surface area contributed by atoms with Crippen LogP contribution in [0.25, 0.3) is 10.9 Å². The highest BCUT2D eigenvalue weighted by atomic mass is 14.9. The predicted molar refractivity (Wildman–Crippen MR) is 87.0 cm³/mol. The molecule has 1 aromatic heterocycles. The van der Waals surface area contributed by atoms with E-state index in [4.69, 9.17) is 0 Å². The molecule has 0 saturated heterocycles. The highest BCUT2D eigenvalue weighted by Gasteiger charge is 2.31. The lowest BCUT2D eigenvalue weighted by molar-refractivity contribution is 0.481. The van der Waals surface area contributed by atoms with Gasteiger partial charge in [-0.15, -0.1) is 0 Å². The predicted octanol–water partition coefficient (Wildman–Crippen LogP) is 4.41. The van der Waals surface area contributed by atoms with Gasteiger partial charge in [0.2, 0.25) is 0 Å². The second kappa shape index (κ2) is 5.38. The third-order valence-corrected chi connectivity index (χ3v) is 4.45. The fraction of sp³-hybridized carbons (Fsp3) is 0.263. The molecule has 0 aliphatic heterocycles. The molecule has 1 atom stereocenters. The fourth-order valence-electron chi connectivity index (χ4n) is 3.17. The van der Waals surface area contributed by atoms with Crippen molar-refractivity contribution in [2.45, 2.75) is 25.4 Å². The van der Waals surface area contributed by atoms with Crippen molar-refractivity contribution >= 4 is 10.9 Å². The lowest BCUT2D eigenvalue weighted by Gasteiger charge is -2.19. The maximum atomic E-state index is 3.78. The number of rotatable bonds is 5. The molecular formula is C19H20N2. The Labute approximate surface area is 125 Å². The number of hydrogen-bond acceptors (Lipinski definition) is 1. The molecule has 4 rings (SSSR count). The first-order valence-corrected chi connectivity index (χ1v) is 7.75. The van der Waals surface area contributed by atoms with Crippen LogP contribution >= 0.6 is 0 Å². The number of nitrogens with one attached hydrogen (secondary N) is 2. The van der Waals surface area contributed by atoms with E-state index in [1.165, 1.54) is 34.9 Å². The van der Waals surface area contributed by atoms with E-state index in [9.17, 15) is 0 Å². The van der Waals surface area contributed by atoms with E-state index < -0.39 is 0 Å². The van der Waals surface area contributed by atoms with Crippen molar-refractivity contribution in [3.63, 3.8) is 0 Å². The number of aromatic amines is 1. The summed E-state index contributed by atoms with van der Waals surface area (Å²) in [5, 5.41) is 5.11. The van der Waals surface area contributed by atoms with E-state index in [0.29, 0.717) is 6.04 Å². The Morgan fingerprint density at radius 1 is 1.00 bits per heavy atom. The van der Waals surface area contributed by atoms with Gasteiger partial charge in [-0.05, 0) is 42.0 Å². The van der Waals surface area contributed by atoms with E-state index >= 15 is 0 Å². The molecule has 2 heteroatoms. The first-order valence-electron chi connectivity index (χ1n) is 7.75. The van der Waals surface area contributed by atoms with Gasteiger partial charge in [0.15, 0.2) is 0 Å². The molecule has 1 unspecified atom stereocenters. The van der Waals surface area contributed by atoms with Crippen LogP contribution in [0.3, 0.4) is 0 Å². The molecule has 2 nitrogen and oxygen atoms in total. The Hall–Kier alpha value is -2.06. The van der Waals surface area contributed by atoms with Gasteiger partial charge in [0.05, 0.1) is 0 Å². The van der Waals surface area contributed by atoms with Gasteiger partial charge in [0.1, 0.15) is 0 Å². The smallest absolute Gasteiger partial charge is 0.0457 e. The monoisotopic (exact) mass is 276 g/mol. The summed E-state index contributed by atoms with van der Waals surface area (Å²) in [4.78, 5) is 3.29. The van der Waals surface area contributed by atoms with Gasteiger partial charge in [-0.25, -0.2) is 0 Å². The molecule has 0 bridgehead atoms. The van der Waals surface area contributed by atoms with Crippen LogP contribution in [0.5, 0.6) is 0 Å². The van der Waals surface area contributed by atoms with E-state index in [-0.39, 0.29) is 0 Å². The fourth-order valence-corrected chi connectivity index (χ4v) is 3.17. The second-order valence-electron chi connectivity index (χ2n) is 5.96. The summed E-state index contributed by atoms with van der Waals surface area (Å²) < 4.78 is 0. The van der Waals surface area contributed by atoms with Crippen molar-refractivity contribution in [1.82, 2.24) is 10.3 Å². The Balaban J connectivity index is 1.56. The minimum atomic E-state index is 0.486. The first-order chi connectivity index (χ1) is 10.4. The minimum Gasteiger partial charge on any atom is -0.361 e. The van der Waals surface area contributed by atoms with Crippen molar-refractivity contribution in [3.8, 4) is 0 Å². The Morgan fingerprint density at radius 3 is 2.67 bits per heavy atom. The molecule has 106 valence electrons. The first kappa shape index (κ1) is 12.7. The molecule has 21 heavy (non-hydrogen) atoms. The van der Waals surface area contributed by atoms with Gasteiger partial charge in [-0.3, -0.25) is 0 Å². The van der Waals surface area contributed by atoms with Crippen LogP contribution in [0.1, 0.15) is 30.0 Å². The molecule has 3 aromatic rings. The SMILES string of the molecule is c1ccc(C(NCc2cccc3[nH]ccc23)C2CC2)cc1. The third-order valence-electron chi connectivity index (χ3n) is 4.45. The van der Waals surface area contributed by atoms with Crippen LogP contribution in [0.15, 0.2) is 60.8 Å². The van der Waals surface area contributed by atoms with Crippen LogP contribution in [0, 0.1) is 5.92 Å². The molecule has 2 N–H and O–H groups in total. The van der Waals surface area contributed by atoms with E-state index in [1.807, 2.05) is 6.20 Å². The average Bonchev–Trinajstić information content (AvgIpc) is 3.25. The average molecular weight is 276 g/mol. The van der Waals surface area contributed by atoms with E-state index in [2.05, 4.69) is 64.9 Å². The summed E-state index contributed by atoms with van der Waals surface area (Å²) in [5.74, 6) is 0.804. The molecule has 0 spiro atoms. The number of hydrogen-bond donors (Lipinski definition) is 2. The standard InChI is InChI=1S/C19H20N2/c1-2-5-14(6-3-1)19(15-9-10-15)21-13-16-7-4-8-18-17(16)11-12-20-18/h1-8,11-12,15,19-21H,9-10,13H2. The lowest BCUT2D eigenvalue weighted by Crippen LogP contribution is -2.22. The zero-order valence-corrected chi connectivity index (χ0v) is 12.0. The number of fused-ring (bicyclic) bond motifs is 1. The topological polar surface area (TPSA) is 27.8 Å². The quantitative estimate of drug-likeness (QED) is 0.710. The Morgan fingerprint density at radius 2 is 1.86 bits per heavy atom. The van der Waals surface area contributed by atoms with Crippen LogP contribution in [0.2, 0.25) is 0 Å². The molecular weight excluding hydrogens is 256 g/mol. The summed E-state index contributed by atoms with van der Waals surface area (Å²) in [5.41, 5.74) is 4.01. The lowest BCUT2D eigenvalue weighted by atomic mass is 10.0. The van der Waals surface area contributed by atoms with E-state index in [1.54, 1.807) is 0 Å². The molecule has 1 fully saturated rings. The summed E-state index contributed by atoms with van der Waals surface area (Å²) in [6.45, 7) is 0.922. The number of H-pyrrole nitrogens is 1. The maximum absolute atomic E-state index is 3.78. The second-order valence-corrected chi connectivity index (χ2v) is 5.96. The van der Waals surface area contributed by atoms with E-state index in [0.717, 1.165) is 12.5 Å². The molecule has 0 radical (unpaired) electrons. The zero-order chi connectivity index (χ0) is 14.1. The van der Waals surface area contributed by atoms with Crippen molar-refractivity contribution in [2.75, 3.05) is 0 Å².